The molecule has 0 spiro atoms. The van der Waals surface area contributed by atoms with Crippen molar-refractivity contribution in [2.45, 2.75) is 44.8 Å². The van der Waals surface area contributed by atoms with Gasteiger partial charge in [0.1, 0.15) is 5.75 Å². The Bertz CT molecular complexity index is 816. The molecule has 0 bridgehead atoms. The SMILES string of the molecule is COc1cc2c(cc1CN1Cc3ccccc3C[C@H]1C(N)=O)CCC2. The summed E-state index contributed by atoms with van der Waals surface area (Å²) in [6, 6.07) is 12.5. The fourth-order valence-corrected chi connectivity index (χ4v) is 4.21. The van der Waals surface area contributed by atoms with Gasteiger partial charge in [-0.05, 0) is 54.0 Å². The summed E-state index contributed by atoms with van der Waals surface area (Å²) < 4.78 is 5.63. The predicted octanol–water partition coefficient (Wildman–Crippen LogP) is 2.60. The lowest BCUT2D eigenvalue weighted by atomic mass is 9.93. The van der Waals surface area contributed by atoms with Crippen LogP contribution in [0.5, 0.6) is 5.75 Å². The zero-order chi connectivity index (χ0) is 17.4. The van der Waals surface area contributed by atoms with Gasteiger partial charge in [0.15, 0.2) is 0 Å². The lowest BCUT2D eigenvalue weighted by Crippen LogP contribution is -2.48. The standard InChI is InChI=1S/C21H24N2O2/c1-25-20-11-16-8-4-7-14(16)9-18(20)13-23-12-17-6-3-2-5-15(17)10-19(23)21(22)24/h2-3,5-6,9,11,19H,4,7-8,10,12-13H2,1H3,(H2,22,24)/t19-/m0/s1. The Morgan fingerprint density at radius 3 is 2.60 bits per heavy atom. The van der Waals surface area contributed by atoms with Crippen LogP contribution in [0.25, 0.3) is 0 Å². The van der Waals surface area contributed by atoms with Gasteiger partial charge in [0.25, 0.3) is 0 Å². The number of hydrogen-bond donors (Lipinski definition) is 1. The Hall–Kier alpha value is -2.33. The lowest BCUT2D eigenvalue weighted by Gasteiger charge is -2.35. The quantitative estimate of drug-likeness (QED) is 0.934. The molecule has 0 fully saturated rings. The number of primary amides is 1. The van der Waals surface area contributed by atoms with Gasteiger partial charge < -0.3 is 10.5 Å². The van der Waals surface area contributed by atoms with Crippen molar-refractivity contribution in [2.24, 2.45) is 5.73 Å². The molecule has 1 amide bonds. The van der Waals surface area contributed by atoms with Crippen molar-refractivity contribution in [1.82, 2.24) is 4.90 Å². The third kappa shape index (κ3) is 3.02. The summed E-state index contributed by atoms with van der Waals surface area (Å²) in [6.07, 6.45) is 4.16. The zero-order valence-corrected chi connectivity index (χ0v) is 14.6. The zero-order valence-electron chi connectivity index (χ0n) is 14.6. The molecule has 2 aromatic rings. The molecular weight excluding hydrogens is 312 g/mol. The number of benzene rings is 2. The number of carbonyl (C=O) groups is 1. The molecule has 1 aliphatic carbocycles. The van der Waals surface area contributed by atoms with E-state index in [1.807, 2.05) is 6.07 Å². The van der Waals surface area contributed by atoms with Gasteiger partial charge in [0.2, 0.25) is 5.91 Å². The average molecular weight is 336 g/mol. The molecule has 2 aromatic carbocycles. The Morgan fingerprint density at radius 1 is 1.16 bits per heavy atom. The lowest BCUT2D eigenvalue weighted by molar-refractivity contribution is -0.124. The molecule has 2 N–H and O–H groups in total. The van der Waals surface area contributed by atoms with Crippen molar-refractivity contribution < 1.29 is 9.53 Å². The first-order chi connectivity index (χ1) is 12.2. The number of hydrogen-bond acceptors (Lipinski definition) is 3. The summed E-state index contributed by atoms with van der Waals surface area (Å²) in [5.41, 5.74) is 12.2. The first-order valence-electron chi connectivity index (χ1n) is 8.94. The van der Waals surface area contributed by atoms with Crippen LogP contribution in [0, 0.1) is 0 Å². The molecule has 0 unspecified atom stereocenters. The molecule has 0 saturated carbocycles. The van der Waals surface area contributed by atoms with Gasteiger partial charge in [-0.25, -0.2) is 0 Å². The minimum absolute atomic E-state index is 0.255. The monoisotopic (exact) mass is 336 g/mol. The molecule has 4 nitrogen and oxygen atoms in total. The second kappa shape index (κ2) is 6.52. The number of aryl methyl sites for hydroxylation is 2. The number of methoxy groups -OCH3 is 1. The van der Waals surface area contributed by atoms with E-state index in [0.29, 0.717) is 13.0 Å². The highest BCUT2D eigenvalue weighted by Crippen LogP contribution is 2.32. The third-order valence-corrected chi connectivity index (χ3v) is 5.54. The summed E-state index contributed by atoms with van der Waals surface area (Å²) in [5, 5.41) is 0. The number of nitrogens with two attached hydrogens (primary N) is 1. The smallest absolute Gasteiger partial charge is 0.235 e. The maximum Gasteiger partial charge on any atom is 0.235 e. The molecule has 1 aliphatic heterocycles. The Morgan fingerprint density at radius 2 is 1.88 bits per heavy atom. The van der Waals surface area contributed by atoms with Crippen LogP contribution < -0.4 is 10.5 Å². The van der Waals surface area contributed by atoms with Gasteiger partial charge in [-0.1, -0.05) is 30.3 Å². The number of amides is 1. The maximum absolute atomic E-state index is 12.1. The molecule has 0 saturated heterocycles. The molecule has 4 heteroatoms. The van der Waals surface area contributed by atoms with E-state index in [4.69, 9.17) is 10.5 Å². The molecule has 2 aliphatic rings. The Balaban J connectivity index is 1.66. The number of nitrogens with zero attached hydrogens (tertiary/aromatic N) is 1. The van der Waals surface area contributed by atoms with E-state index in [1.165, 1.54) is 28.7 Å². The topological polar surface area (TPSA) is 55.6 Å². The average Bonchev–Trinajstić information content (AvgIpc) is 3.07. The van der Waals surface area contributed by atoms with Gasteiger partial charge >= 0.3 is 0 Å². The van der Waals surface area contributed by atoms with E-state index in [1.54, 1.807) is 7.11 Å². The molecule has 0 aromatic heterocycles. The van der Waals surface area contributed by atoms with Crippen molar-refractivity contribution in [1.29, 1.82) is 0 Å². The van der Waals surface area contributed by atoms with Gasteiger partial charge in [-0.2, -0.15) is 0 Å². The van der Waals surface area contributed by atoms with Crippen LogP contribution in [0.15, 0.2) is 36.4 Å². The van der Waals surface area contributed by atoms with Crippen LogP contribution in [0.1, 0.15) is 34.2 Å². The first kappa shape index (κ1) is 16.2. The minimum atomic E-state index is -0.270. The summed E-state index contributed by atoms with van der Waals surface area (Å²) in [6.45, 7) is 1.42. The van der Waals surface area contributed by atoms with Gasteiger partial charge in [0, 0.05) is 18.7 Å². The van der Waals surface area contributed by atoms with Gasteiger partial charge in [-0.15, -0.1) is 0 Å². The van der Waals surface area contributed by atoms with Crippen molar-refractivity contribution >= 4 is 5.91 Å². The number of carbonyl (C=O) groups excluding carboxylic acids is 1. The van der Waals surface area contributed by atoms with Crippen molar-refractivity contribution in [3.05, 3.63) is 64.2 Å². The van der Waals surface area contributed by atoms with Gasteiger partial charge in [-0.3, -0.25) is 9.69 Å². The van der Waals surface area contributed by atoms with E-state index in [2.05, 4.69) is 35.2 Å². The van der Waals surface area contributed by atoms with Crippen molar-refractivity contribution in [3.8, 4) is 5.75 Å². The van der Waals surface area contributed by atoms with Crippen molar-refractivity contribution in [2.75, 3.05) is 7.11 Å². The molecule has 25 heavy (non-hydrogen) atoms. The van der Waals surface area contributed by atoms with Crippen LogP contribution >= 0.6 is 0 Å². The highest BCUT2D eigenvalue weighted by molar-refractivity contribution is 5.80. The van der Waals surface area contributed by atoms with E-state index in [9.17, 15) is 4.79 Å². The van der Waals surface area contributed by atoms with E-state index >= 15 is 0 Å². The summed E-state index contributed by atoms with van der Waals surface area (Å²) >= 11 is 0. The number of ether oxygens (including phenoxy) is 1. The first-order valence-corrected chi connectivity index (χ1v) is 8.94. The van der Waals surface area contributed by atoms with Crippen molar-refractivity contribution in [3.63, 3.8) is 0 Å². The molecule has 130 valence electrons. The summed E-state index contributed by atoms with van der Waals surface area (Å²) in [7, 11) is 1.72. The van der Waals surface area contributed by atoms with E-state index in [0.717, 1.165) is 30.7 Å². The fraction of sp³-hybridized carbons (Fsp3) is 0.381. The fourth-order valence-electron chi connectivity index (χ4n) is 4.21. The predicted molar refractivity (Wildman–Crippen MR) is 97.4 cm³/mol. The molecular formula is C21H24N2O2. The molecule has 1 heterocycles. The van der Waals surface area contributed by atoms with Crippen LogP contribution in [0.3, 0.4) is 0 Å². The molecule has 0 radical (unpaired) electrons. The van der Waals surface area contributed by atoms with E-state index in [-0.39, 0.29) is 11.9 Å². The van der Waals surface area contributed by atoms with Crippen LogP contribution in [-0.2, 0) is 37.1 Å². The Kier molecular flexibility index (Phi) is 4.22. The minimum Gasteiger partial charge on any atom is -0.496 e. The summed E-state index contributed by atoms with van der Waals surface area (Å²) in [4.78, 5) is 14.2. The molecule has 4 rings (SSSR count). The van der Waals surface area contributed by atoms with Gasteiger partial charge in [0.05, 0.1) is 13.2 Å². The molecule has 1 atom stereocenters. The summed E-state index contributed by atoms with van der Waals surface area (Å²) in [5.74, 6) is 0.664. The number of fused-ring (bicyclic) bond motifs is 2. The second-order valence-electron chi connectivity index (χ2n) is 7.08. The van der Waals surface area contributed by atoms with Crippen LogP contribution in [0.2, 0.25) is 0 Å². The highest BCUT2D eigenvalue weighted by Gasteiger charge is 2.30. The Labute approximate surface area is 148 Å². The van der Waals surface area contributed by atoms with Crippen LogP contribution in [0.4, 0.5) is 0 Å². The third-order valence-electron chi connectivity index (χ3n) is 5.54. The second-order valence-corrected chi connectivity index (χ2v) is 7.08. The van der Waals surface area contributed by atoms with E-state index < -0.39 is 0 Å². The normalized spacial score (nSPS) is 19.3. The highest BCUT2D eigenvalue weighted by atomic mass is 16.5. The van der Waals surface area contributed by atoms with Crippen LogP contribution in [-0.4, -0.2) is 24.0 Å². The number of rotatable bonds is 4. The largest absolute Gasteiger partial charge is 0.496 e. The maximum atomic E-state index is 12.1.